The number of benzene rings is 2. The second-order valence-corrected chi connectivity index (χ2v) is 8.69. The van der Waals surface area contributed by atoms with Crippen molar-refractivity contribution >= 4 is 38.7 Å². The van der Waals surface area contributed by atoms with Gasteiger partial charge in [-0.3, -0.25) is 4.31 Å². The van der Waals surface area contributed by atoms with E-state index in [0.717, 1.165) is 17.8 Å². The van der Waals surface area contributed by atoms with Crippen LogP contribution in [0.4, 0.5) is 11.4 Å². The van der Waals surface area contributed by atoms with E-state index in [1.54, 1.807) is 25.3 Å². The van der Waals surface area contributed by atoms with E-state index in [-0.39, 0.29) is 6.04 Å². The van der Waals surface area contributed by atoms with Crippen molar-refractivity contribution in [3.05, 3.63) is 48.5 Å². The van der Waals surface area contributed by atoms with Crippen molar-refractivity contribution in [2.75, 3.05) is 36.6 Å². The fourth-order valence-electron chi connectivity index (χ4n) is 2.30. The van der Waals surface area contributed by atoms with Crippen LogP contribution in [0.15, 0.2) is 48.5 Å². The number of hydrogen-bond acceptors (Lipinski definition) is 5. The lowest BCUT2D eigenvalue weighted by Gasteiger charge is -2.20. The number of anilines is 2. The molecule has 0 saturated carbocycles. The summed E-state index contributed by atoms with van der Waals surface area (Å²) in [5.74, 6) is 1.51. The maximum atomic E-state index is 11.7. The summed E-state index contributed by atoms with van der Waals surface area (Å²) in [6.45, 7) is 2.37. The second kappa shape index (κ2) is 9.61. The number of ether oxygens (including phenoxy) is 2. The smallest absolute Gasteiger partial charge is 0.231 e. The van der Waals surface area contributed by atoms with E-state index in [1.165, 1.54) is 11.4 Å². The van der Waals surface area contributed by atoms with Gasteiger partial charge in [0.15, 0.2) is 5.11 Å². The number of thiocarbonyl (C=S) groups is 1. The highest BCUT2D eigenvalue weighted by Gasteiger charge is 2.12. The zero-order chi connectivity index (χ0) is 20.7. The molecule has 0 aliphatic rings. The van der Waals surface area contributed by atoms with Crippen molar-refractivity contribution < 1.29 is 17.9 Å². The van der Waals surface area contributed by atoms with Gasteiger partial charge in [-0.05, 0) is 61.6 Å². The molecule has 0 saturated heterocycles. The Labute approximate surface area is 171 Å². The molecule has 152 valence electrons. The highest BCUT2D eigenvalue weighted by Crippen LogP contribution is 2.20. The molecule has 0 aliphatic heterocycles. The average Bonchev–Trinajstić information content (AvgIpc) is 2.65. The first-order chi connectivity index (χ1) is 13.2. The lowest BCUT2D eigenvalue weighted by molar-refractivity contribution is 0.286. The topological polar surface area (TPSA) is 79.9 Å². The molecule has 2 rings (SSSR count). The molecule has 0 radical (unpaired) electrons. The molecule has 0 aliphatic carbocycles. The minimum absolute atomic E-state index is 0.0380. The average molecular weight is 424 g/mol. The van der Waals surface area contributed by atoms with E-state index in [9.17, 15) is 8.42 Å². The highest BCUT2D eigenvalue weighted by atomic mass is 32.2. The van der Waals surface area contributed by atoms with E-state index in [0.29, 0.717) is 23.1 Å². The fourth-order valence-corrected chi connectivity index (χ4v) is 3.11. The van der Waals surface area contributed by atoms with Gasteiger partial charge in [-0.2, -0.15) is 0 Å². The third-order valence-corrected chi connectivity index (χ3v) is 5.33. The summed E-state index contributed by atoms with van der Waals surface area (Å²) >= 11 is 5.33. The van der Waals surface area contributed by atoms with Gasteiger partial charge < -0.3 is 20.1 Å². The summed E-state index contributed by atoms with van der Waals surface area (Å²) in [7, 11) is -0.206. The predicted octanol–water partition coefficient (Wildman–Crippen LogP) is 2.84. The molecule has 0 fully saturated rings. The molecule has 0 spiro atoms. The molecule has 0 bridgehead atoms. The third-order valence-electron chi connectivity index (χ3n) is 3.90. The van der Waals surface area contributed by atoms with Crippen molar-refractivity contribution in [2.24, 2.45) is 0 Å². The Bertz CT molecular complexity index is 902. The first-order valence-corrected chi connectivity index (χ1v) is 10.8. The SMILES string of the molecule is COc1ccc(OCC(C)NC(=S)Nc2cccc(N(C)S(C)(=O)=O)c2)cc1. The molecule has 2 aromatic rings. The monoisotopic (exact) mass is 423 g/mol. The van der Waals surface area contributed by atoms with Crippen LogP contribution in [0.25, 0.3) is 0 Å². The molecular formula is C19H25N3O4S2. The molecule has 0 heterocycles. The lowest BCUT2D eigenvalue weighted by atomic mass is 10.3. The van der Waals surface area contributed by atoms with Crippen LogP contribution >= 0.6 is 12.2 Å². The zero-order valence-corrected chi connectivity index (χ0v) is 17.9. The van der Waals surface area contributed by atoms with Gasteiger partial charge in [0.2, 0.25) is 10.0 Å². The minimum Gasteiger partial charge on any atom is -0.497 e. The molecule has 2 N–H and O–H groups in total. The summed E-state index contributed by atoms with van der Waals surface area (Å²) in [6.07, 6.45) is 1.16. The fraction of sp³-hybridized carbons (Fsp3) is 0.316. The first kappa shape index (κ1) is 21.8. The van der Waals surface area contributed by atoms with Gasteiger partial charge in [0.05, 0.1) is 25.1 Å². The summed E-state index contributed by atoms with van der Waals surface area (Å²) in [4.78, 5) is 0. The normalized spacial score (nSPS) is 12.0. The van der Waals surface area contributed by atoms with Crippen LogP contribution in [0, 0.1) is 0 Å². The van der Waals surface area contributed by atoms with Crippen LogP contribution in [0.2, 0.25) is 0 Å². The van der Waals surface area contributed by atoms with Crippen molar-refractivity contribution in [3.8, 4) is 11.5 Å². The highest BCUT2D eigenvalue weighted by molar-refractivity contribution is 7.92. The van der Waals surface area contributed by atoms with Gasteiger partial charge >= 0.3 is 0 Å². The summed E-state index contributed by atoms with van der Waals surface area (Å²) < 4.78 is 35.4. The second-order valence-electron chi connectivity index (χ2n) is 6.27. The van der Waals surface area contributed by atoms with E-state index in [4.69, 9.17) is 21.7 Å². The number of rotatable bonds is 8. The van der Waals surface area contributed by atoms with E-state index >= 15 is 0 Å². The van der Waals surface area contributed by atoms with Crippen molar-refractivity contribution in [2.45, 2.75) is 13.0 Å². The molecule has 7 nitrogen and oxygen atoms in total. The molecule has 1 unspecified atom stereocenters. The maximum Gasteiger partial charge on any atom is 0.231 e. The standard InChI is InChI=1S/C19H25N3O4S2/c1-14(13-26-18-10-8-17(25-3)9-11-18)20-19(27)21-15-6-5-7-16(12-15)22(2)28(4,23)24/h5-12,14H,13H2,1-4H3,(H2,20,21,27). The van der Waals surface area contributed by atoms with Crippen LogP contribution in [0.1, 0.15) is 6.92 Å². The van der Waals surface area contributed by atoms with E-state index in [2.05, 4.69) is 10.6 Å². The van der Waals surface area contributed by atoms with Gasteiger partial charge in [0.1, 0.15) is 18.1 Å². The molecule has 0 aromatic heterocycles. The van der Waals surface area contributed by atoms with Gasteiger partial charge in [-0.1, -0.05) is 6.07 Å². The van der Waals surface area contributed by atoms with Gasteiger partial charge in [-0.25, -0.2) is 8.42 Å². The van der Waals surface area contributed by atoms with Crippen LogP contribution in [0.3, 0.4) is 0 Å². The largest absolute Gasteiger partial charge is 0.497 e. The predicted molar refractivity (Wildman–Crippen MR) is 117 cm³/mol. The molecule has 28 heavy (non-hydrogen) atoms. The van der Waals surface area contributed by atoms with Crippen LogP contribution in [-0.2, 0) is 10.0 Å². The minimum atomic E-state index is -3.33. The quantitative estimate of drug-likeness (QED) is 0.632. The summed E-state index contributed by atoms with van der Waals surface area (Å²) in [6, 6.07) is 14.3. The van der Waals surface area contributed by atoms with Crippen molar-refractivity contribution in [1.29, 1.82) is 0 Å². The first-order valence-electron chi connectivity index (χ1n) is 8.57. The Hall–Kier alpha value is -2.52. The number of hydrogen-bond donors (Lipinski definition) is 2. The van der Waals surface area contributed by atoms with Gasteiger partial charge in [-0.15, -0.1) is 0 Å². The molecule has 9 heteroatoms. The van der Waals surface area contributed by atoms with Crippen LogP contribution in [-0.4, -0.2) is 46.6 Å². The lowest BCUT2D eigenvalue weighted by Crippen LogP contribution is -2.39. The summed E-state index contributed by atoms with van der Waals surface area (Å²) in [5, 5.41) is 6.62. The van der Waals surface area contributed by atoms with Gasteiger partial charge in [0, 0.05) is 12.7 Å². The Morgan fingerprint density at radius 1 is 1.18 bits per heavy atom. The number of sulfonamides is 1. The Kier molecular flexibility index (Phi) is 7.47. The molecule has 1 atom stereocenters. The van der Waals surface area contributed by atoms with E-state index < -0.39 is 10.0 Å². The number of methoxy groups -OCH3 is 1. The Balaban J connectivity index is 1.87. The Morgan fingerprint density at radius 2 is 1.82 bits per heavy atom. The van der Waals surface area contributed by atoms with Crippen molar-refractivity contribution in [1.82, 2.24) is 5.32 Å². The number of nitrogens with zero attached hydrogens (tertiary/aromatic N) is 1. The zero-order valence-electron chi connectivity index (χ0n) is 16.3. The maximum absolute atomic E-state index is 11.7. The van der Waals surface area contributed by atoms with Crippen LogP contribution in [0.5, 0.6) is 11.5 Å². The van der Waals surface area contributed by atoms with Gasteiger partial charge in [0.25, 0.3) is 0 Å². The van der Waals surface area contributed by atoms with E-state index in [1.807, 2.05) is 37.3 Å². The Morgan fingerprint density at radius 3 is 2.43 bits per heavy atom. The molecule has 0 amide bonds. The molecular weight excluding hydrogens is 398 g/mol. The van der Waals surface area contributed by atoms with Crippen LogP contribution < -0.4 is 24.4 Å². The van der Waals surface area contributed by atoms with Crippen molar-refractivity contribution in [3.63, 3.8) is 0 Å². The third kappa shape index (κ3) is 6.58. The summed E-state index contributed by atoms with van der Waals surface area (Å²) in [5.41, 5.74) is 1.24. The molecule has 2 aromatic carbocycles. The number of nitrogens with one attached hydrogen (secondary N) is 2.